The molecule has 1 amide bonds. The van der Waals surface area contributed by atoms with Crippen molar-refractivity contribution in [2.45, 2.75) is 55.4 Å². The zero-order chi connectivity index (χ0) is 17.7. The minimum atomic E-state index is -3.42. The Hall–Kier alpha value is -0.880. The minimum Gasteiger partial charge on any atom is -0.351 e. The number of nitrogens with one attached hydrogen (secondary N) is 1. The Morgan fingerprint density at radius 2 is 1.56 bits per heavy atom. The van der Waals surface area contributed by atoms with Crippen LogP contribution in [-0.4, -0.2) is 25.6 Å². The fraction of sp³-hybridized carbons (Fsp3) is 0.632. The SMILES string of the molecule is O=C(CCS(=O)(=O)c1ccc(Br)cc1)NC12CC3CC(CC(C3)C1)C2. The maximum atomic E-state index is 12.5. The van der Waals surface area contributed by atoms with Crippen LogP contribution in [-0.2, 0) is 14.6 Å². The second kappa shape index (κ2) is 6.38. The third-order valence-electron chi connectivity index (χ3n) is 6.21. The molecule has 0 saturated heterocycles. The first-order chi connectivity index (χ1) is 11.8. The van der Waals surface area contributed by atoms with Gasteiger partial charge in [-0.3, -0.25) is 4.79 Å². The molecular formula is C19H24BrNO3S. The number of carbonyl (C=O) groups is 1. The summed E-state index contributed by atoms with van der Waals surface area (Å²) in [6.07, 6.45) is 7.28. The first-order valence-corrected chi connectivity index (χ1v) is 11.6. The molecule has 4 nitrogen and oxygen atoms in total. The van der Waals surface area contributed by atoms with Gasteiger partial charge in [-0.1, -0.05) is 15.9 Å². The van der Waals surface area contributed by atoms with Gasteiger partial charge in [0.2, 0.25) is 5.91 Å². The molecule has 4 aliphatic carbocycles. The van der Waals surface area contributed by atoms with Crippen molar-refractivity contribution in [2.75, 3.05) is 5.75 Å². The lowest BCUT2D eigenvalue weighted by Crippen LogP contribution is -2.59. The van der Waals surface area contributed by atoms with Gasteiger partial charge in [0.1, 0.15) is 0 Å². The number of carbonyl (C=O) groups excluding carboxylic acids is 1. The van der Waals surface area contributed by atoms with Crippen LogP contribution in [0.15, 0.2) is 33.6 Å². The van der Waals surface area contributed by atoms with E-state index in [1.807, 2.05) is 0 Å². The van der Waals surface area contributed by atoms with Crippen molar-refractivity contribution in [1.82, 2.24) is 5.32 Å². The quantitative estimate of drug-likeness (QED) is 0.781. The Morgan fingerprint density at radius 3 is 2.08 bits per heavy atom. The lowest BCUT2D eigenvalue weighted by molar-refractivity contribution is -0.126. The number of hydrogen-bond acceptors (Lipinski definition) is 3. The smallest absolute Gasteiger partial charge is 0.221 e. The van der Waals surface area contributed by atoms with E-state index in [9.17, 15) is 13.2 Å². The average molecular weight is 426 g/mol. The van der Waals surface area contributed by atoms with E-state index in [4.69, 9.17) is 0 Å². The van der Waals surface area contributed by atoms with Crippen LogP contribution < -0.4 is 5.32 Å². The first-order valence-electron chi connectivity index (χ1n) is 9.13. The van der Waals surface area contributed by atoms with Gasteiger partial charge in [0.25, 0.3) is 0 Å². The fourth-order valence-corrected chi connectivity index (χ4v) is 7.11. The maximum absolute atomic E-state index is 12.5. The molecule has 4 fully saturated rings. The molecule has 0 aliphatic heterocycles. The van der Waals surface area contributed by atoms with Crippen LogP contribution in [0.3, 0.4) is 0 Å². The van der Waals surface area contributed by atoms with Crippen molar-refractivity contribution < 1.29 is 13.2 Å². The van der Waals surface area contributed by atoms with Crippen LogP contribution in [0.1, 0.15) is 44.9 Å². The van der Waals surface area contributed by atoms with Crippen LogP contribution in [0.25, 0.3) is 0 Å². The van der Waals surface area contributed by atoms with Crippen molar-refractivity contribution in [3.63, 3.8) is 0 Å². The zero-order valence-electron chi connectivity index (χ0n) is 14.2. The molecule has 6 heteroatoms. The molecule has 4 aliphatic rings. The van der Waals surface area contributed by atoms with Gasteiger partial charge in [-0.25, -0.2) is 8.42 Å². The molecule has 4 bridgehead atoms. The van der Waals surface area contributed by atoms with E-state index in [0.717, 1.165) is 41.5 Å². The maximum Gasteiger partial charge on any atom is 0.221 e. The predicted octanol–water partition coefficient (Wildman–Crippen LogP) is 3.70. The Bertz CT molecular complexity index is 737. The highest BCUT2D eigenvalue weighted by Gasteiger charge is 2.51. The fourth-order valence-electron chi connectivity index (χ4n) is 5.61. The van der Waals surface area contributed by atoms with Gasteiger partial charge in [0, 0.05) is 16.4 Å². The molecule has 0 radical (unpaired) electrons. The summed E-state index contributed by atoms with van der Waals surface area (Å²) in [7, 11) is -3.42. The molecule has 0 aromatic heterocycles. The van der Waals surface area contributed by atoms with Crippen molar-refractivity contribution in [1.29, 1.82) is 0 Å². The molecule has 25 heavy (non-hydrogen) atoms. The van der Waals surface area contributed by atoms with E-state index in [0.29, 0.717) is 0 Å². The number of sulfone groups is 1. The Kier molecular flexibility index (Phi) is 4.47. The molecule has 0 unspecified atom stereocenters. The summed E-state index contributed by atoms with van der Waals surface area (Å²) in [5, 5.41) is 3.25. The summed E-state index contributed by atoms with van der Waals surface area (Å²) in [6.45, 7) is 0. The van der Waals surface area contributed by atoms with Crippen molar-refractivity contribution in [3.8, 4) is 0 Å². The highest BCUT2D eigenvalue weighted by molar-refractivity contribution is 9.10. The van der Waals surface area contributed by atoms with Crippen molar-refractivity contribution in [3.05, 3.63) is 28.7 Å². The van der Waals surface area contributed by atoms with Gasteiger partial charge in [0.05, 0.1) is 10.6 Å². The zero-order valence-corrected chi connectivity index (χ0v) is 16.6. The monoisotopic (exact) mass is 425 g/mol. The number of rotatable bonds is 5. The summed E-state index contributed by atoms with van der Waals surface area (Å²) in [5.41, 5.74) is -0.0484. The number of amides is 1. The minimum absolute atomic E-state index is 0.0418. The van der Waals surface area contributed by atoms with Crippen LogP contribution >= 0.6 is 15.9 Å². The largest absolute Gasteiger partial charge is 0.351 e. The van der Waals surface area contributed by atoms with E-state index in [2.05, 4.69) is 21.2 Å². The van der Waals surface area contributed by atoms with Gasteiger partial charge in [0.15, 0.2) is 9.84 Å². The lowest BCUT2D eigenvalue weighted by Gasteiger charge is -2.56. The van der Waals surface area contributed by atoms with Gasteiger partial charge < -0.3 is 5.32 Å². The third kappa shape index (κ3) is 3.65. The molecular weight excluding hydrogens is 402 g/mol. The standard InChI is InChI=1S/C19H24BrNO3S/c20-16-1-3-17(4-2-16)25(23,24)6-5-18(22)21-19-10-13-7-14(11-19)9-15(8-13)12-19/h1-4,13-15H,5-12H2,(H,21,22). The lowest BCUT2D eigenvalue weighted by atomic mass is 9.53. The van der Waals surface area contributed by atoms with Crippen LogP contribution in [0.4, 0.5) is 0 Å². The molecule has 1 aromatic rings. The third-order valence-corrected chi connectivity index (χ3v) is 8.47. The molecule has 4 saturated carbocycles. The van der Waals surface area contributed by atoms with Crippen LogP contribution in [0.2, 0.25) is 0 Å². The van der Waals surface area contributed by atoms with E-state index in [-0.39, 0.29) is 28.5 Å². The molecule has 5 rings (SSSR count). The number of benzene rings is 1. The molecule has 1 N–H and O–H groups in total. The predicted molar refractivity (Wildman–Crippen MR) is 99.9 cm³/mol. The van der Waals surface area contributed by atoms with Crippen molar-refractivity contribution in [2.24, 2.45) is 17.8 Å². The Labute approximate surface area is 157 Å². The van der Waals surface area contributed by atoms with Gasteiger partial charge in [-0.2, -0.15) is 0 Å². The molecule has 0 atom stereocenters. The number of halogens is 1. The summed E-state index contributed by atoms with van der Waals surface area (Å²) in [4.78, 5) is 12.8. The van der Waals surface area contributed by atoms with Crippen LogP contribution in [0.5, 0.6) is 0 Å². The highest BCUT2D eigenvalue weighted by Crippen LogP contribution is 2.55. The normalized spacial score (nSPS) is 33.4. The van der Waals surface area contributed by atoms with E-state index in [1.165, 1.54) is 19.3 Å². The Balaban J connectivity index is 1.37. The summed E-state index contributed by atoms with van der Waals surface area (Å²) in [6, 6.07) is 6.58. The van der Waals surface area contributed by atoms with Gasteiger partial charge >= 0.3 is 0 Å². The van der Waals surface area contributed by atoms with E-state index in [1.54, 1.807) is 24.3 Å². The van der Waals surface area contributed by atoms with Crippen molar-refractivity contribution >= 4 is 31.7 Å². The molecule has 0 heterocycles. The first kappa shape index (κ1) is 17.5. The molecule has 1 aromatic carbocycles. The Morgan fingerprint density at radius 1 is 1.04 bits per heavy atom. The second-order valence-corrected chi connectivity index (χ2v) is 11.3. The summed E-state index contributed by atoms with van der Waals surface area (Å²) >= 11 is 3.30. The summed E-state index contributed by atoms with van der Waals surface area (Å²) < 4.78 is 25.7. The van der Waals surface area contributed by atoms with Gasteiger partial charge in [-0.15, -0.1) is 0 Å². The number of hydrogen-bond donors (Lipinski definition) is 1. The van der Waals surface area contributed by atoms with E-state index >= 15 is 0 Å². The summed E-state index contributed by atoms with van der Waals surface area (Å²) in [5.74, 6) is 2.05. The van der Waals surface area contributed by atoms with E-state index < -0.39 is 9.84 Å². The topological polar surface area (TPSA) is 63.2 Å². The average Bonchev–Trinajstić information content (AvgIpc) is 2.52. The highest BCUT2D eigenvalue weighted by atomic mass is 79.9. The molecule has 136 valence electrons. The second-order valence-electron chi connectivity index (χ2n) is 8.27. The van der Waals surface area contributed by atoms with Crippen LogP contribution in [0, 0.1) is 17.8 Å². The van der Waals surface area contributed by atoms with Gasteiger partial charge in [-0.05, 0) is 80.5 Å². The molecule has 0 spiro atoms.